The van der Waals surface area contributed by atoms with E-state index in [2.05, 4.69) is 4.74 Å². The minimum atomic E-state index is -2.60. The smallest absolute Gasteiger partial charge is 0.344 e. The Morgan fingerprint density at radius 3 is 2.33 bits per heavy atom. The Kier molecular flexibility index (Phi) is 3.74. The summed E-state index contributed by atoms with van der Waals surface area (Å²) < 4.78 is 40.0. The van der Waals surface area contributed by atoms with Crippen LogP contribution in [0.5, 0.6) is 5.75 Å². The molecular formula is C9H4ClF3O2. The standard InChI is InChI=1S/C9H4ClF3O2/c10-7(14)5-3-1-2-4-6(5)15-9(13)8(11)12/h1-4H. The maximum absolute atomic E-state index is 12.4. The van der Waals surface area contributed by atoms with Crippen molar-refractivity contribution in [2.24, 2.45) is 0 Å². The molecule has 0 bridgehead atoms. The number of ether oxygens (including phenoxy) is 1. The highest BCUT2D eigenvalue weighted by Crippen LogP contribution is 2.24. The van der Waals surface area contributed by atoms with Crippen LogP contribution < -0.4 is 4.74 Å². The zero-order chi connectivity index (χ0) is 11.4. The van der Waals surface area contributed by atoms with Gasteiger partial charge in [-0.1, -0.05) is 12.1 Å². The molecule has 1 aromatic carbocycles. The first kappa shape index (κ1) is 11.6. The second-order valence-corrected chi connectivity index (χ2v) is 2.75. The average Bonchev–Trinajstić information content (AvgIpc) is 2.18. The lowest BCUT2D eigenvalue weighted by Gasteiger charge is -2.04. The number of halogens is 4. The number of hydrogen-bond donors (Lipinski definition) is 0. The fourth-order valence-corrected chi connectivity index (χ4v) is 1.01. The van der Waals surface area contributed by atoms with Gasteiger partial charge in [-0.05, 0) is 23.7 Å². The van der Waals surface area contributed by atoms with E-state index < -0.39 is 17.3 Å². The molecular weight excluding hydrogens is 233 g/mol. The summed E-state index contributed by atoms with van der Waals surface area (Å²) in [5.41, 5.74) is -0.185. The molecule has 1 aromatic rings. The Bertz CT molecular complexity index is 414. The van der Waals surface area contributed by atoms with E-state index in [-0.39, 0.29) is 11.3 Å². The van der Waals surface area contributed by atoms with E-state index in [0.717, 1.165) is 6.07 Å². The molecule has 0 aromatic heterocycles. The minimum Gasteiger partial charge on any atom is -0.427 e. The predicted molar refractivity (Wildman–Crippen MR) is 47.6 cm³/mol. The van der Waals surface area contributed by atoms with Crippen molar-refractivity contribution >= 4 is 16.8 Å². The van der Waals surface area contributed by atoms with Gasteiger partial charge in [-0.25, -0.2) is 0 Å². The van der Waals surface area contributed by atoms with E-state index in [0.29, 0.717) is 0 Å². The first-order valence-electron chi connectivity index (χ1n) is 3.70. The van der Waals surface area contributed by atoms with Crippen LogP contribution in [0.25, 0.3) is 0 Å². The Morgan fingerprint density at radius 2 is 1.80 bits per heavy atom. The topological polar surface area (TPSA) is 26.3 Å². The summed E-state index contributed by atoms with van der Waals surface area (Å²) >= 11 is 5.13. The van der Waals surface area contributed by atoms with E-state index >= 15 is 0 Å². The van der Waals surface area contributed by atoms with Crippen molar-refractivity contribution in [3.8, 4) is 5.75 Å². The van der Waals surface area contributed by atoms with E-state index in [4.69, 9.17) is 11.6 Å². The molecule has 0 fully saturated rings. The van der Waals surface area contributed by atoms with Crippen molar-refractivity contribution in [1.29, 1.82) is 0 Å². The summed E-state index contributed by atoms with van der Waals surface area (Å²) in [6.07, 6.45) is -2.60. The number of carbonyl (C=O) groups excluding carboxylic acids is 1. The fourth-order valence-electron chi connectivity index (χ4n) is 0.853. The van der Waals surface area contributed by atoms with Crippen molar-refractivity contribution in [2.75, 3.05) is 0 Å². The molecule has 0 atom stereocenters. The van der Waals surface area contributed by atoms with Gasteiger partial charge < -0.3 is 4.74 Å². The molecule has 6 heteroatoms. The van der Waals surface area contributed by atoms with Gasteiger partial charge in [0.25, 0.3) is 5.24 Å². The molecule has 80 valence electrons. The first-order valence-corrected chi connectivity index (χ1v) is 4.07. The lowest BCUT2D eigenvalue weighted by Crippen LogP contribution is -1.97. The third-order valence-electron chi connectivity index (χ3n) is 1.45. The highest BCUT2D eigenvalue weighted by molar-refractivity contribution is 6.68. The fraction of sp³-hybridized carbons (Fsp3) is 0. The van der Waals surface area contributed by atoms with Crippen LogP contribution in [0.15, 0.2) is 36.4 Å². The second-order valence-electron chi connectivity index (χ2n) is 2.41. The third kappa shape index (κ3) is 2.99. The van der Waals surface area contributed by atoms with Crippen LogP contribution in [0.3, 0.4) is 0 Å². The van der Waals surface area contributed by atoms with Gasteiger partial charge in [0, 0.05) is 0 Å². The highest BCUT2D eigenvalue weighted by Gasteiger charge is 2.14. The molecule has 0 saturated carbocycles. The zero-order valence-electron chi connectivity index (χ0n) is 7.14. The molecule has 0 heterocycles. The third-order valence-corrected chi connectivity index (χ3v) is 1.65. The summed E-state index contributed by atoms with van der Waals surface area (Å²) in [5, 5.41) is -0.919. The van der Waals surface area contributed by atoms with Gasteiger partial charge >= 0.3 is 12.1 Å². The molecule has 2 nitrogen and oxygen atoms in total. The zero-order valence-corrected chi connectivity index (χ0v) is 7.89. The monoisotopic (exact) mass is 236 g/mol. The Labute approximate surface area is 87.9 Å². The van der Waals surface area contributed by atoms with Crippen molar-refractivity contribution in [2.45, 2.75) is 0 Å². The minimum absolute atomic E-state index is 0.185. The largest absolute Gasteiger partial charge is 0.427 e. The SMILES string of the molecule is O=C(Cl)c1ccccc1OC(F)=C(F)F. The van der Waals surface area contributed by atoms with Gasteiger partial charge in [0.15, 0.2) is 0 Å². The van der Waals surface area contributed by atoms with Gasteiger partial charge in [-0.2, -0.15) is 13.2 Å². The van der Waals surface area contributed by atoms with Gasteiger partial charge in [0.05, 0.1) is 5.56 Å². The summed E-state index contributed by atoms with van der Waals surface area (Å²) in [6.45, 7) is 0. The molecule has 0 spiro atoms. The molecule has 0 amide bonds. The normalized spacial score (nSPS) is 9.60. The van der Waals surface area contributed by atoms with Crippen LogP contribution in [0.1, 0.15) is 10.4 Å². The molecule has 15 heavy (non-hydrogen) atoms. The highest BCUT2D eigenvalue weighted by atomic mass is 35.5. The van der Waals surface area contributed by atoms with Crippen LogP contribution in [-0.2, 0) is 0 Å². The van der Waals surface area contributed by atoms with Crippen LogP contribution in [0.4, 0.5) is 13.2 Å². The Hall–Kier alpha value is -1.49. The maximum atomic E-state index is 12.4. The molecule has 1 rings (SSSR count). The van der Waals surface area contributed by atoms with Crippen LogP contribution in [0.2, 0.25) is 0 Å². The lowest BCUT2D eigenvalue weighted by molar-refractivity contribution is 0.107. The number of hydrogen-bond acceptors (Lipinski definition) is 2. The van der Waals surface area contributed by atoms with E-state index in [1.54, 1.807) is 0 Å². The van der Waals surface area contributed by atoms with Crippen LogP contribution in [-0.4, -0.2) is 5.24 Å². The van der Waals surface area contributed by atoms with Gasteiger partial charge in [0.1, 0.15) is 5.75 Å². The number of benzene rings is 1. The van der Waals surface area contributed by atoms with Crippen LogP contribution >= 0.6 is 11.6 Å². The second kappa shape index (κ2) is 4.84. The molecule has 0 N–H and O–H groups in total. The molecule has 0 aliphatic carbocycles. The van der Waals surface area contributed by atoms with Crippen molar-refractivity contribution in [3.05, 3.63) is 41.9 Å². The number of carbonyl (C=O) groups is 1. The average molecular weight is 237 g/mol. The number of rotatable bonds is 3. The molecule has 0 radical (unpaired) electrons. The maximum Gasteiger partial charge on any atom is 0.344 e. The van der Waals surface area contributed by atoms with Crippen molar-refractivity contribution in [1.82, 2.24) is 0 Å². The first-order chi connectivity index (χ1) is 7.02. The number of para-hydroxylation sites is 1. The Morgan fingerprint density at radius 1 is 1.20 bits per heavy atom. The van der Waals surface area contributed by atoms with Gasteiger partial charge in [0.2, 0.25) is 0 Å². The van der Waals surface area contributed by atoms with Gasteiger partial charge in [-0.15, -0.1) is 0 Å². The van der Waals surface area contributed by atoms with Crippen LogP contribution in [0, 0.1) is 0 Å². The molecule has 0 saturated heterocycles. The summed E-state index contributed by atoms with van der Waals surface area (Å²) in [7, 11) is 0. The Balaban J connectivity index is 3.05. The van der Waals surface area contributed by atoms with Crippen molar-refractivity contribution < 1.29 is 22.7 Å². The van der Waals surface area contributed by atoms with E-state index in [9.17, 15) is 18.0 Å². The van der Waals surface area contributed by atoms with E-state index in [1.807, 2.05) is 0 Å². The molecule has 0 unspecified atom stereocenters. The quantitative estimate of drug-likeness (QED) is 0.593. The molecule has 0 aliphatic rings. The summed E-state index contributed by atoms with van der Waals surface area (Å²) in [5.74, 6) is -0.359. The lowest BCUT2D eigenvalue weighted by atomic mass is 10.2. The predicted octanol–water partition coefficient (Wildman–Crippen LogP) is 3.48. The van der Waals surface area contributed by atoms with Crippen molar-refractivity contribution in [3.63, 3.8) is 0 Å². The van der Waals surface area contributed by atoms with E-state index in [1.165, 1.54) is 18.2 Å². The molecule has 0 aliphatic heterocycles. The summed E-state index contributed by atoms with van der Waals surface area (Å²) in [4.78, 5) is 10.8. The van der Waals surface area contributed by atoms with Gasteiger partial charge in [-0.3, -0.25) is 4.79 Å². The summed E-state index contributed by atoms with van der Waals surface area (Å²) in [6, 6.07) is 3.16.